The Morgan fingerprint density at radius 3 is 2.40 bits per heavy atom. The minimum absolute atomic E-state index is 0.129. The predicted octanol–water partition coefficient (Wildman–Crippen LogP) is 1.08. The van der Waals surface area contributed by atoms with Crippen LogP contribution in [0.15, 0.2) is 35.5 Å². The summed E-state index contributed by atoms with van der Waals surface area (Å²) < 4.78 is 0. The quantitative estimate of drug-likeness (QED) is 0.377. The third-order valence-electron chi connectivity index (χ3n) is 2.23. The molecule has 0 radical (unpaired) electrons. The summed E-state index contributed by atoms with van der Waals surface area (Å²) in [5.74, 6) is 0.577. The smallest absolute Gasteiger partial charge is 0.234 e. The number of nitrogens with one attached hydrogen (secondary N) is 1. The fourth-order valence-corrected chi connectivity index (χ4v) is 2.07. The van der Waals surface area contributed by atoms with E-state index in [1.165, 1.54) is 18.2 Å². The number of benzene rings is 1. The van der Waals surface area contributed by atoms with Gasteiger partial charge in [-0.3, -0.25) is 4.79 Å². The Labute approximate surface area is 119 Å². The molecular formula is C12H13N5O2S. The fraction of sp³-hybridized carbons (Fsp3) is 0.0833. The largest absolute Gasteiger partial charge is 0.508 e. The Morgan fingerprint density at radius 1 is 1.20 bits per heavy atom. The normalized spacial score (nSPS) is 10.2. The number of hydrogen-bond donors (Lipinski definition) is 4. The molecule has 0 aliphatic heterocycles. The number of nitrogens with two attached hydrogens (primary N) is 2. The molecule has 1 amide bonds. The summed E-state index contributed by atoms with van der Waals surface area (Å²) in [6.07, 6.45) is 0. The summed E-state index contributed by atoms with van der Waals surface area (Å²) in [6.45, 7) is 0. The molecule has 0 bridgehead atoms. The van der Waals surface area contributed by atoms with Crippen LogP contribution in [0.25, 0.3) is 0 Å². The van der Waals surface area contributed by atoms with Gasteiger partial charge >= 0.3 is 0 Å². The molecule has 104 valence electrons. The van der Waals surface area contributed by atoms with E-state index in [-0.39, 0.29) is 29.0 Å². The van der Waals surface area contributed by atoms with E-state index in [0.29, 0.717) is 10.8 Å². The highest BCUT2D eigenvalue weighted by molar-refractivity contribution is 7.99. The Hall–Kier alpha value is -2.48. The lowest BCUT2D eigenvalue weighted by molar-refractivity contribution is -0.113. The fourth-order valence-electron chi connectivity index (χ4n) is 1.40. The van der Waals surface area contributed by atoms with Crippen LogP contribution in [-0.4, -0.2) is 26.7 Å². The summed E-state index contributed by atoms with van der Waals surface area (Å²) in [6, 6.07) is 7.63. The van der Waals surface area contributed by atoms with Gasteiger partial charge in [-0.05, 0) is 24.3 Å². The third kappa shape index (κ3) is 4.02. The van der Waals surface area contributed by atoms with Crippen LogP contribution in [0.1, 0.15) is 0 Å². The Balaban J connectivity index is 1.90. The molecule has 6 N–H and O–H groups in total. The van der Waals surface area contributed by atoms with Crippen molar-refractivity contribution in [1.82, 2.24) is 9.97 Å². The zero-order valence-corrected chi connectivity index (χ0v) is 11.2. The molecule has 2 rings (SSSR count). The van der Waals surface area contributed by atoms with Crippen LogP contribution in [0.2, 0.25) is 0 Å². The second kappa shape index (κ2) is 6.11. The summed E-state index contributed by atoms with van der Waals surface area (Å²) >= 11 is 1.14. The van der Waals surface area contributed by atoms with Gasteiger partial charge < -0.3 is 21.9 Å². The van der Waals surface area contributed by atoms with E-state index in [4.69, 9.17) is 16.6 Å². The first-order chi connectivity index (χ1) is 9.52. The van der Waals surface area contributed by atoms with Crippen molar-refractivity contribution in [3.8, 4) is 5.75 Å². The topological polar surface area (TPSA) is 127 Å². The van der Waals surface area contributed by atoms with E-state index in [2.05, 4.69) is 15.3 Å². The molecule has 2 aromatic rings. The van der Waals surface area contributed by atoms with Crippen LogP contribution in [-0.2, 0) is 4.79 Å². The number of phenolic OH excluding ortho intramolecular Hbond substituents is 1. The van der Waals surface area contributed by atoms with Crippen molar-refractivity contribution in [3.05, 3.63) is 30.3 Å². The lowest BCUT2D eigenvalue weighted by atomic mass is 10.3. The van der Waals surface area contributed by atoms with E-state index in [1.54, 1.807) is 12.1 Å². The standard InChI is InChI=1S/C12H13N5O2S/c13-9-5-10(14)17-12(16-9)20-6-11(19)15-7-1-3-8(18)4-2-7/h1-5,18H,6H2,(H,15,19)(H4,13,14,16,17). The van der Waals surface area contributed by atoms with Crippen molar-refractivity contribution < 1.29 is 9.90 Å². The maximum atomic E-state index is 11.7. The minimum atomic E-state index is -0.217. The van der Waals surface area contributed by atoms with Crippen LogP contribution in [0.3, 0.4) is 0 Å². The van der Waals surface area contributed by atoms with E-state index in [0.717, 1.165) is 11.8 Å². The molecule has 0 aliphatic carbocycles. The predicted molar refractivity (Wildman–Crippen MR) is 78.3 cm³/mol. The van der Waals surface area contributed by atoms with Gasteiger partial charge in [0.2, 0.25) is 5.91 Å². The first-order valence-electron chi connectivity index (χ1n) is 5.64. The second-order valence-electron chi connectivity index (χ2n) is 3.88. The Bertz CT molecular complexity index is 597. The van der Waals surface area contributed by atoms with Crippen molar-refractivity contribution >= 4 is 35.0 Å². The molecule has 0 unspecified atom stereocenters. The summed E-state index contributed by atoms with van der Waals surface area (Å²) in [5.41, 5.74) is 11.7. The zero-order chi connectivity index (χ0) is 14.5. The number of aromatic hydroxyl groups is 1. The van der Waals surface area contributed by atoms with Gasteiger partial charge in [-0.1, -0.05) is 11.8 Å². The zero-order valence-electron chi connectivity index (χ0n) is 10.4. The summed E-state index contributed by atoms with van der Waals surface area (Å²) in [4.78, 5) is 19.7. The Morgan fingerprint density at radius 2 is 1.80 bits per heavy atom. The van der Waals surface area contributed by atoms with Gasteiger partial charge in [-0.15, -0.1) is 0 Å². The van der Waals surface area contributed by atoms with Crippen LogP contribution < -0.4 is 16.8 Å². The van der Waals surface area contributed by atoms with Gasteiger partial charge in [0.15, 0.2) is 5.16 Å². The van der Waals surface area contributed by atoms with Gasteiger partial charge in [-0.25, -0.2) is 9.97 Å². The van der Waals surface area contributed by atoms with Crippen molar-refractivity contribution in [3.63, 3.8) is 0 Å². The number of hydrogen-bond acceptors (Lipinski definition) is 7. The first kappa shape index (κ1) is 13.9. The summed E-state index contributed by atoms with van der Waals surface area (Å²) in [5, 5.41) is 12.2. The molecule has 0 fully saturated rings. The number of anilines is 3. The van der Waals surface area contributed by atoms with Gasteiger partial charge in [0.1, 0.15) is 17.4 Å². The van der Waals surface area contributed by atoms with Crippen molar-refractivity contribution in [1.29, 1.82) is 0 Å². The highest BCUT2D eigenvalue weighted by Gasteiger charge is 2.07. The van der Waals surface area contributed by atoms with Gasteiger partial charge in [0, 0.05) is 11.8 Å². The lowest BCUT2D eigenvalue weighted by Gasteiger charge is -2.05. The average Bonchev–Trinajstić information content (AvgIpc) is 2.38. The minimum Gasteiger partial charge on any atom is -0.508 e. The molecule has 1 heterocycles. The highest BCUT2D eigenvalue weighted by Crippen LogP contribution is 2.17. The average molecular weight is 291 g/mol. The third-order valence-corrected chi connectivity index (χ3v) is 3.08. The molecule has 7 nitrogen and oxygen atoms in total. The van der Waals surface area contributed by atoms with Crippen LogP contribution >= 0.6 is 11.8 Å². The molecule has 0 atom stereocenters. The van der Waals surface area contributed by atoms with Crippen molar-refractivity contribution in [2.75, 3.05) is 22.5 Å². The SMILES string of the molecule is Nc1cc(N)nc(SCC(=O)Nc2ccc(O)cc2)n1. The first-order valence-corrected chi connectivity index (χ1v) is 6.63. The molecule has 0 aliphatic rings. The van der Waals surface area contributed by atoms with E-state index in [1.807, 2.05) is 0 Å². The number of rotatable bonds is 4. The number of amides is 1. The maximum absolute atomic E-state index is 11.7. The van der Waals surface area contributed by atoms with Crippen LogP contribution in [0.5, 0.6) is 5.75 Å². The van der Waals surface area contributed by atoms with E-state index in [9.17, 15) is 4.79 Å². The number of aromatic nitrogens is 2. The molecule has 1 aromatic heterocycles. The van der Waals surface area contributed by atoms with E-state index < -0.39 is 0 Å². The number of thioether (sulfide) groups is 1. The molecule has 0 saturated heterocycles. The molecular weight excluding hydrogens is 278 g/mol. The Kier molecular flexibility index (Phi) is 4.26. The highest BCUT2D eigenvalue weighted by atomic mass is 32.2. The van der Waals surface area contributed by atoms with Gasteiger partial charge in [0.25, 0.3) is 0 Å². The lowest BCUT2D eigenvalue weighted by Crippen LogP contribution is -2.14. The van der Waals surface area contributed by atoms with Gasteiger partial charge in [0.05, 0.1) is 5.75 Å². The second-order valence-corrected chi connectivity index (χ2v) is 4.83. The van der Waals surface area contributed by atoms with Crippen molar-refractivity contribution in [2.24, 2.45) is 0 Å². The molecule has 1 aromatic carbocycles. The number of phenols is 1. The van der Waals surface area contributed by atoms with Crippen LogP contribution in [0.4, 0.5) is 17.3 Å². The number of carbonyl (C=O) groups is 1. The van der Waals surface area contributed by atoms with E-state index >= 15 is 0 Å². The number of nitrogens with zero attached hydrogens (tertiary/aromatic N) is 2. The number of nitrogen functional groups attached to an aromatic ring is 2. The van der Waals surface area contributed by atoms with Crippen LogP contribution in [0, 0.1) is 0 Å². The molecule has 0 spiro atoms. The van der Waals surface area contributed by atoms with Gasteiger partial charge in [-0.2, -0.15) is 0 Å². The number of carbonyl (C=O) groups excluding carboxylic acids is 1. The molecule has 0 saturated carbocycles. The molecule has 20 heavy (non-hydrogen) atoms. The molecule has 8 heteroatoms. The van der Waals surface area contributed by atoms with Crippen molar-refractivity contribution in [2.45, 2.75) is 5.16 Å². The summed E-state index contributed by atoms with van der Waals surface area (Å²) in [7, 11) is 0. The maximum Gasteiger partial charge on any atom is 0.234 e. The monoisotopic (exact) mass is 291 g/mol.